The minimum Gasteiger partial charge on any atom is -0.0622 e. The molecular formula is C23H26PS+. The summed E-state index contributed by atoms with van der Waals surface area (Å²) in [6, 6.07) is 32.5. The SMILES string of the molecule is S[P+](CCCCCc1ccccc1)(c1ccccc1)c1ccccc1. The van der Waals surface area contributed by atoms with Crippen molar-refractivity contribution in [1.29, 1.82) is 0 Å². The van der Waals surface area contributed by atoms with Gasteiger partial charge in [0.2, 0.25) is 0 Å². The molecule has 3 rings (SSSR count). The van der Waals surface area contributed by atoms with Crippen LogP contribution in [0.25, 0.3) is 0 Å². The molecule has 3 aromatic carbocycles. The molecule has 0 unspecified atom stereocenters. The van der Waals surface area contributed by atoms with Crippen LogP contribution >= 0.6 is 18.7 Å². The molecule has 0 fully saturated rings. The highest BCUT2D eigenvalue weighted by molar-refractivity contribution is 8.58. The van der Waals surface area contributed by atoms with Crippen molar-refractivity contribution in [3.05, 3.63) is 96.6 Å². The first-order valence-electron chi connectivity index (χ1n) is 9.05. The Hall–Kier alpha value is -1.56. The molecule has 3 aromatic rings. The van der Waals surface area contributed by atoms with Gasteiger partial charge in [-0.2, -0.15) is 0 Å². The summed E-state index contributed by atoms with van der Waals surface area (Å²) in [5, 5.41) is 2.79. The fourth-order valence-electron chi connectivity index (χ4n) is 3.25. The molecule has 25 heavy (non-hydrogen) atoms. The molecule has 0 amide bonds. The third-order valence-corrected chi connectivity index (χ3v) is 9.91. The smallest absolute Gasteiger partial charge is 0.0622 e. The molecule has 0 aliphatic rings. The van der Waals surface area contributed by atoms with Gasteiger partial charge in [0, 0.05) is 12.2 Å². The highest BCUT2D eigenvalue weighted by Crippen LogP contribution is 2.61. The minimum atomic E-state index is -1.59. The average molecular weight is 366 g/mol. The Morgan fingerprint density at radius 1 is 0.560 bits per heavy atom. The maximum Gasteiger partial charge on any atom is 0.135 e. The zero-order valence-electron chi connectivity index (χ0n) is 14.6. The van der Waals surface area contributed by atoms with Crippen molar-refractivity contribution in [3.8, 4) is 0 Å². The summed E-state index contributed by atoms with van der Waals surface area (Å²) in [6.07, 6.45) is 6.08. The lowest BCUT2D eigenvalue weighted by Crippen LogP contribution is -2.20. The summed E-state index contributed by atoms with van der Waals surface area (Å²) in [6.45, 7) is -1.59. The van der Waals surface area contributed by atoms with Crippen LogP contribution in [0.2, 0.25) is 0 Å². The van der Waals surface area contributed by atoms with Gasteiger partial charge in [-0.1, -0.05) is 66.7 Å². The molecule has 2 heteroatoms. The monoisotopic (exact) mass is 365 g/mol. The first-order chi connectivity index (χ1) is 12.3. The van der Waals surface area contributed by atoms with Crippen LogP contribution in [0.1, 0.15) is 24.8 Å². The van der Waals surface area contributed by atoms with Crippen LogP contribution in [-0.2, 0) is 6.42 Å². The summed E-state index contributed by atoms with van der Waals surface area (Å²) >= 11 is 5.28. The van der Waals surface area contributed by atoms with Crippen molar-refractivity contribution < 1.29 is 0 Å². The van der Waals surface area contributed by atoms with E-state index in [-0.39, 0.29) is 0 Å². The number of aryl methyl sites for hydroxylation is 1. The first-order valence-corrected chi connectivity index (χ1v) is 12.2. The Kier molecular flexibility index (Phi) is 6.73. The van der Waals surface area contributed by atoms with Crippen LogP contribution in [0.5, 0.6) is 0 Å². The van der Waals surface area contributed by atoms with Gasteiger partial charge in [-0.25, -0.2) is 0 Å². The Bertz CT molecular complexity index is 701. The molecule has 0 atom stereocenters. The maximum atomic E-state index is 5.28. The topological polar surface area (TPSA) is 0 Å². The van der Waals surface area contributed by atoms with E-state index in [9.17, 15) is 0 Å². The number of hydrogen-bond donors (Lipinski definition) is 1. The van der Waals surface area contributed by atoms with E-state index in [2.05, 4.69) is 91.0 Å². The highest BCUT2D eigenvalue weighted by Gasteiger charge is 2.38. The van der Waals surface area contributed by atoms with Gasteiger partial charge >= 0.3 is 0 Å². The van der Waals surface area contributed by atoms with Crippen LogP contribution in [0.15, 0.2) is 91.0 Å². The van der Waals surface area contributed by atoms with E-state index in [0.29, 0.717) is 0 Å². The molecule has 0 spiro atoms. The second-order valence-corrected chi connectivity index (χ2v) is 11.5. The fraction of sp³-hybridized carbons (Fsp3) is 0.217. The van der Waals surface area contributed by atoms with Crippen molar-refractivity contribution in [3.63, 3.8) is 0 Å². The largest absolute Gasteiger partial charge is 0.135 e. The third kappa shape index (κ3) is 4.97. The van der Waals surface area contributed by atoms with Crippen LogP contribution in [-0.4, -0.2) is 6.16 Å². The molecule has 0 aromatic heterocycles. The predicted molar refractivity (Wildman–Crippen MR) is 117 cm³/mol. The second-order valence-electron chi connectivity index (χ2n) is 6.46. The molecule has 0 heterocycles. The normalized spacial score (nSPS) is 11.4. The minimum absolute atomic E-state index is 1.17. The predicted octanol–water partition coefficient (Wildman–Crippen LogP) is 5.91. The van der Waals surface area contributed by atoms with E-state index in [1.807, 2.05) is 0 Å². The van der Waals surface area contributed by atoms with Gasteiger partial charge in [-0.3, -0.25) is 0 Å². The zero-order valence-corrected chi connectivity index (χ0v) is 16.4. The quantitative estimate of drug-likeness (QED) is 0.286. The first kappa shape index (κ1) is 18.2. The van der Waals surface area contributed by atoms with Crippen molar-refractivity contribution in [1.82, 2.24) is 0 Å². The highest BCUT2D eigenvalue weighted by atomic mass is 32.7. The number of benzene rings is 3. The molecule has 0 nitrogen and oxygen atoms in total. The molecule has 0 radical (unpaired) electrons. The Morgan fingerprint density at radius 3 is 1.56 bits per heavy atom. The van der Waals surface area contributed by atoms with E-state index < -0.39 is 6.46 Å². The summed E-state index contributed by atoms with van der Waals surface area (Å²) < 4.78 is 0. The molecule has 0 bridgehead atoms. The van der Waals surface area contributed by atoms with Crippen molar-refractivity contribution in [2.45, 2.75) is 25.7 Å². The Balaban J connectivity index is 1.63. The lowest BCUT2D eigenvalue weighted by molar-refractivity contribution is 0.721. The summed E-state index contributed by atoms with van der Waals surface area (Å²) in [4.78, 5) is 0. The van der Waals surface area contributed by atoms with E-state index >= 15 is 0 Å². The molecule has 0 aliphatic heterocycles. The molecule has 128 valence electrons. The number of rotatable bonds is 8. The Morgan fingerprint density at radius 2 is 1.04 bits per heavy atom. The second kappa shape index (κ2) is 9.22. The van der Waals surface area contributed by atoms with Crippen molar-refractivity contribution in [2.75, 3.05) is 6.16 Å². The lowest BCUT2D eigenvalue weighted by atomic mass is 10.1. The maximum absolute atomic E-state index is 5.28. The molecule has 0 saturated carbocycles. The average Bonchev–Trinajstić information content (AvgIpc) is 2.70. The van der Waals surface area contributed by atoms with Gasteiger partial charge in [0.15, 0.2) is 0 Å². The number of hydrogen-bond acceptors (Lipinski definition) is 1. The third-order valence-electron chi connectivity index (χ3n) is 4.66. The van der Waals surface area contributed by atoms with E-state index in [1.165, 1.54) is 48.0 Å². The van der Waals surface area contributed by atoms with E-state index in [1.54, 1.807) is 0 Å². The molecular weight excluding hydrogens is 339 g/mol. The molecule has 0 aliphatic carbocycles. The van der Waals surface area contributed by atoms with Gasteiger partial charge < -0.3 is 0 Å². The lowest BCUT2D eigenvalue weighted by Gasteiger charge is -2.21. The Labute approximate surface area is 157 Å². The standard InChI is InChI=1S/C23H26PS/c25-24(22-16-8-2-9-17-22,23-18-10-3-11-19-23)20-12-4-7-15-21-13-5-1-6-14-21/h1-3,5-6,8-11,13-14,16-19,25H,4,7,12,15,20H2/q+1. The molecule has 0 N–H and O–H groups in total. The fourth-order valence-corrected chi connectivity index (χ4v) is 7.30. The van der Waals surface area contributed by atoms with E-state index in [0.717, 1.165) is 0 Å². The van der Waals surface area contributed by atoms with Gasteiger partial charge in [-0.15, -0.1) is 0 Å². The van der Waals surface area contributed by atoms with Crippen LogP contribution in [0.4, 0.5) is 0 Å². The number of thiol groups is 1. The zero-order chi connectivity index (χ0) is 17.4. The van der Waals surface area contributed by atoms with Gasteiger partial charge in [-0.05, 0) is 55.5 Å². The number of unbranched alkanes of at least 4 members (excludes halogenated alkanes) is 2. The van der Waals surface area contributed by atoms with Gasteiger partial charge in [0.05, 0.1) is 6.16 Å². The van der Waals surface area contributed by atoms with Crippen LogP contribution in [0.3, 0.4) is 0 Å². The summed E-state index contributed by atoms with van der Waals surface area (Å²) in [5.74, 6) is 0. The van der Waals surface area contributed by atoms with Gasteiger partial charge in [0.1, 0.15) is 17.1 Å². The van der Waals surface area contributed by atoms with Gasteiger partial charge in [0.25, 0.3) is 0 Å². The van der Waals surface area contributed by atoms with Crippen LogP contribution < -0.4 is 10.6 Å². The van der Waals surface area contributed by atoms with E-state index in [4.69, 9.17) is 12.2 Å². The molecule has 0 saturated heterocycles. The van der Waals surface area contributed by atoms with Crippen LogP contribution in [0, 0.1) is 0 Å². The summed E-state index contributed by atoms with van der Waals surface area (Å²) in [5.41, 5.74) is 1.44. The van der Waals surface area contributed by atoms with Crippen molar-refractivity contribution in [2.24, 2.45) is 0 Å². The van der Waals surface area contributed by atoms with Crippen molar-refractivity contribution >= 4 is 29.3 Å². The summed E-state index contributed by atoms with van der Waals surface area (Å²) in [7, 11) is 0.